The highest BCUT2D eigenvalue weighted by Crippen LogP contribution is 2.14. The number of ether oxygens (including phenoxy) is 1. The Morgan fingerprint density at radius 2 is 1.73 bits per heavy atom. The van der Waals surface area contributed by atoms with Crippen LogP contribution in [0.3, 0.4) is 0 Å². The molecule has 0 radical (unpaired) electrons. The summed E-state index contributed by atoms with van der Waals surface area (Å²) in [6.45, 7) is 7.77. The molecule has 0 spiro atoms. The summed E-state index contributed by atoms with van der Waals surface area (Å²) >= 11 is 0. The van der Waals surface area contributed by atoms with Crippen LogP contribution in [0.5, 0.6) is 0 Å². The molecular formula is C23H25N3O4. The van der Waals surface area contributed by atoms with E-state index >= 15 is 0 Å². The smallest absolute Gasteiger partial charge is 0.338 e. The molecular weight excluding hydrogens is 382 g/mol. The lowest BCUT2D eigenvalue weighted by Gasteiger charge is -2.15. The molecule has 3 aromatic rings. The molecule has 7 heteroatoms. The molecule has 156 valence electrons. The van der Waals surface area contributed by atoms with Crippen LogP contribution in [0, 0.1) is 12.8 Å². The van der Waals surface area contributed by atoms with E-state index in [2.05, 4.69) is 10.3 Å². The van der Waals surface area contributed by atoms with Gasteiger partial charge >= 0.3 is 5.97 Å². The number of hydrogen-bond donors (Lipinski definition) is 1. The number of amides is 1. The fourth-order valence-corrected chi connectivity index (χ4v) is 3.02. The van der Waals surface area contributed by atoms with Gasteiger partial charge in [0.15, 0.2) is 6.10 Å². The summed E-state index contributed by atoms with van der Waals surface area (Å²) in [6.07, 6.45) is -0.898. The fraction of sp³-hybridized carbons (Fsp3) is 0.304. The van der Waals surface area contributed by atoms with Gasteiger partial charge in [-0.2, -0.15) is 0 Å². The lowest BCUT2D eigenvalue weighted by atomic mass is 10.2. The summed E-state index contributed by atoms with van der Waals surface area (Å²) in [5, 5.41) is 3.26. The van der Waals surface area contributed by atoms with Crippen molar-refractivity contribution in [2.24, 2.45) is 5.92 Å². The third-order valence-electron chi connectivity index (χ3n) is 4.64. The number of nitrogens with zero attached hydrogens (tertiary/aromatic N) is 2. The van der Waals surface area contributed by atoms with Gasteiger partial charge in [0.05, 0.1) is 22.2 Å². The molecule has 1 atom stereocenters. The first-order valence-corrected chi connectivity index (χ1v) is 9.85. The number of rotatable bonds is 6. The van der Waals surface area contributed by atoms with Crippen LogP contribution < -0.4 is 10.9 Å². The lowest BCUT2D eigenvalue weighted by Crippen LogP contribution is -2.37. The average Bonchev–Trinajstić information content (AvgIpc) is 2.72. The van der Waals surface area contributed by atoms with E-state index in [1.54, 1.807) is 49.4 Å². The van der Waals surface area contributed by atoms with Crippen LogP contribution in [0.1, 0.15) is 37.0 Å². The molecule has 1 aromatic heterocycles. The van der Waals surface area contributed by atoms with E-state index in [1.807, 2.05) is 19.9 Å². The normalized spacial score (nSPS) is 12.0. The van der Waals surface area contributed by atoms with Crippen molar-refractivity contribution in [3.63, 3.8) is 0 Å². The summed E-state index contributed by atoms with van der Waals surface area (Å²) in [5.74, 6) is -0.0853. The minimum Gasteiger partial charge on any atom is -0.449 e. The average molecular weight is 407 g/mol. The summed E-state index contributed by atoms with van der Waals surface area (Å²) < 4.78 is 6.75. The number of benzene rings is 2. The van der Waals surface area contributed by atoms with Gasteiger partial charge in [-0.05, 0) is 56.2 Å². The first kappa shape index (κ1) is 21.2. The highest BCUT2D eigenvalue weighted by atomic mass is 16.5. The molecule has 0 saturated carbocycles. The first-order valence-electron chi connectivity index (χ1n) is 9.85. The summed E-state index contributed by atoms with van der Waals surface area (Å²) in [5.41, 5.74) is 1.35. The third-order valence-corrected chi connectivity index (χ3v) is 4.64. The summed E-state index contributed by atoms with van der Waals surface area (Å²) in [6, 6.07) is 13.6. The third kappa shape index (κ3) is 4.56. The molecule has 1 N–H and O–H groups in total. The Morgan fingerprint density at radius 1 is 1.07 bits per heavy atom. The fourth-order valence-electron chi connectivity index (χ4n) is 3.02. The van der Waals surface area contributed by atoms with Gasteiger partial charge in [0.25, 0.3) is 11.5 Å². The number of para-hydroxylation sites is 1. The van der Waals surface area contributed by atoms with Crippen molar-refractivity contribution in [2.75, 3.05) is 6.54 Å². The van der Waals surface area contributed by atoms with Gasteiger partial charge in [-0.25, -0.2) is 9.78 Å². The minimum absolute atomic E-state index is 0.177. The molecule has 2 aromatic carbocycles. The van der Waals surface area contributed by atoms with E-state index in [0.29, 0.717) is 40.4 Å². The van der Waals surface area contributed by atoms with E-state index in [1.165, 1.54) is 11.5 Å². The SMILES string of the molecule is Cc1nc2ccccc2c(=O)n1-c1ccc(C(=O)O[C@H](C)C(=O)NCC(C)C)cc1. The Bertz CT molecular complexity index is 1130. The number of fused-ring (bicyclic) bond motifs is 1. The van der Waals surface area contributed by atoms with Crippen molar-refractivity contribution in [3.8, 4) is 5.69 Å². The van der Waals surface area contributed by atoms with Crippen LogP contribution in [0.4, 0.5) is 0 Å². The predicted molar refractivity (Wildman–Crippen MR) is 115 cm³/mol. The molecule has 7 nitrogen and oxygen atoms in total. The highest BCUT2D eigenvalue weighted by molar-refractivity contribution is 5.92. The molecule has 1 amide bonds. The molecule has 0 aliphatic carbocycles. The first-order chi connectivity index (χ1) is 14.3. The Balaban J connectivity index is 1.78. The van der Waals surface area contributed by atoms with E-state index < -0.39 is 12.1 Å². The highest BCUT2D eigenvalue weighted by Gasteiger charge is 2.19. The molecule has 0 saturated heterocycles. The predicted octanol–water partition coefficient (Wildman–Crippen LogP) is 3.01. The van der Waals surface area contributed by atoms with Gasteiger partial charge in [-0.15, -0.1) is 0 Å². The standard InChI is InChI=1S/C23H25N3O4/c1-14(2)13-24-21(27)15(3)30-23(29)17-9-11-18(12-10-17)26-16(4)25-20-8-6-5-7-19(20)22(26)28/h5-12,14-15H,13H2,1-4H3,(H,24,27)/t15-/m1/s1. The van der Waals surface area contributed by atoms with E-state index in [9.17, 15) is 14.4 Å². The largest absolute Gasteiger partial charge is 0.449 e. The molecule has 0 aliphatic heterocycles. The number of carbonyl (C=O) groups excluding carboxylic acids is 2. The van der Waals surface area contributed by atoms with Crippen molar-refractivity contribution in [1.29, 1.82) is 0 Å². The van der Waals surface area contributed by atoms with Crippen molar-refractivity contribution in [1.82, 2.24) is 14.9 Å². The monoisotopic (exact) mass is 407 g/mol. The van der Waals surface area contributed by atoms with E-state index in [4.69, 9.17) is 4.74 Å². The minimum atomic E-state index is -0.898. The lowest BCUT2D eigenvalue weighted by molar-refractivity contribution is -0.129. The van der Waals surface area contributed by atoms with Crippen LogP contribution >= 0.6 is 0 Å². The Labute approximate surface area is 174 Å². The Hall–Kier alpha value is -3.48. The topological polar surface area (TPSA) is 90.3 Å². The van der Waals surface area contributed by atoms with Gasteiger partial charge < -0.3 is 10.1 Å². The maximum atomic E-state index is 12.9. The van der Waals surface area contributed by atoms with E-state index in [0.717, 1.165) is 0 Å². The van der Waals surface area contributed by atoms with Crippen LogP contribution in [0.25, 0.3) is 16.6 Å². The zero-order chi connectivity index (χ0) is 21.8. The van der Waals surface area contributed by atoms with Crippen molar-refractivity contribution < 1.29 is 14.3 Å². The molecule has 0 bridgehead atoms. The molecule has 0 aliphatic rings. The summed E-state index contributed by atoms with van der Waals surface area (Å²) in [7, 11) is 0. The molecule has 3 rings (SSSR count). The Kier molecular flexibility index (Phi) is 6.30. The van der Waals surface area contributed by atoms with Crippen LogP contribution in [-0.2, 0) is 9.53 Å². The quantitative estimate of drug-likeness (QED) is 0.635. The molecule has 0 fully saturated rings. The number of nitrogens with one attached hydrogen (secondary N) is 1. The van der Waals surface area contributed by atoms with Crippen molar-refractivity contribution >= 4 is 22.8 Å². The maximum absolute atomic E-state index is 12.9. The molecule has 30 heavy (non-hydrogen) atoms. The van der Waals surface area contributed by atoms with Crippen LogP contribution in [-0.4, -0.2) is 34.1 Å². The van der Waals surface area contributed by atoms with Gasteiger partial charge in [0.1, 0.15) is 5.82 Å². The molecule has 0 unspecified atom stereocenters. The second-order valence-electron chi connectivity index (χ2n) is 7.55. The van der Waals surface area contributed by atoms with Gasteiger partial charge in [-0.1, -0.05) is 26.0 Å². The number of esters is 1. The number of aryl methyl sites for hydroxylation is 1. The second kappa shape index (κ2) is 8.90. The molecule has 1 heterocycles. The number of hydrogen-bond acceptors (Lipinski definition) is 5. The van der Waals surface area contributed by atoms with Crippen LogP contribution in [0.2, 0.25) is 0 Å². The van der Waals surface area contributed by atoms with Gasteiger partial charge in [0, 0.05) is 6.54 Å². The number of aromatic nitrogens is 2. The summed E-state index contributed by atoms with van der Waals surface area (Å²) in [4.78, 5) is 41.7. The zero-order valence-electron chi connectivity index (χ0n) is 17.5. The van der Waals surface area contributed by atoms with Crippen molar-refractivity contribution in [3.05, 3.63) is 70.3 Å². The number of carbonyl (C=O) groups is 2. The van der Waals surface area contributed by atoms with Crippen molar-refractivity contribution in [2.45, 2.75) is 33.8 Å². The van der Waals surface area contributed by atoms with Gasteiger partial charge in [0.2, 0.25) is 0 Å². The van der Waals surface area contributed by atoms with Gasteiger partial charge in [-0.3, -0.25) is 14.2 Å². The maximum Gasteiger partial charge on any atom is 0.338 e. The van der Waals surface area contributed by atoms with Crippen LogP contribution in [0.15, 0.2) is 53.3 Å². The zero-order valence-corrected chi connectivity index (χ0v) is 17.5. The second-order valence-corrected chi connectivity index (χ2v) is 7.55. The van der Waals surface area contributed by atoms with E-state index in [-0.39, 0.29) is 11.5 Å². The Morgan fingerprint density at radius 3 is 2.40 bits per heavy atom.